The van der Waals surface area contributed by atoms with Gasteiger partial charge in [-0.15, -0.1) is 0 Å². The predicted molar refractivity (Wildman–Crippen MR) is 43.9 cm³/mol. The summed E-state index contributed by atoms with van der Waals surface area (Å²) < 4.78 is 51.4. The summed E-state index contributed by atoms with van der Waals surface area (Å²) in [5.74, 6) is 0. The van der Waals surface area contributed by atoms with Gasteiger partial charge >= 0.3 is 23.1 Å². The van der Waals surface area contributed by atoms with Crippen LogP contribution in [-0.4, -0.2) is 17.2 Å². The van der Waals surface area contributed by atoms with Gasteiger partial charge in [0.1, 0.15) is 0 Å². The van der Waals surface area contributed by atoms with Crippen LogP contribution < -0.4 is 4.79 Å². The lowest BCUT2D eigenvalue weighted by atomic mass is 10.3. The van der Waals surface area contributed by atoms with Crippen molar-refractivity contribution in [1.29, 1.82) is 0 Å². The highest BCUT2D eigenvalue weighted by Gasteiger charge is 2.20. The third kappa shape index (κ3) is 7.52. The average molecular weight is 290 g/mol. The van der Waals surface area contributed by atoms with Crippen molar-refractivity contribution in [3.8, 4) is 0 Å². The number of aromatic nitrogens is 3. The van der Waals surface area contributed by atoms with Gasteiger partial charge in [-0.2, -0.15) is 0 Å². The molecule has 0 unspecified atom stereocenters. The molecule has 1 heterocycles. The molecule has 0 fully saturated rings. The van der Waals surface area contributed by atoms with Crippen LogP contribution in [0.25, 0.3) is 0 Å². The minimum Gasteiger partial charge on any atom is -0.418 e. The minimum absolute atomic E-state index is 0.0883. The van der Waals surface area contributed by atoms with Crippen molar-refractivity contribution >= 4 is 42.1 Å². The summed E-state index contributed by atoms with van der Waals surface area (Å²) in [6, 6.07) is 0. The third-order valence-electron chi connectivity index (χ3n) is 0.693. The lowest BCUT2D eigenvalue weighted by Crippen LogP contribution is -2.28. The lowest BCUT2D eigenvalue weighted by Gasteiger charge is -1.94. The van der Waals surface area contributed by atoms with Crippen LogP contribution in [0.2, 0.25) is 15.9 Å². The summed E-state index contributed by atoms with van der Waals surface area (Å²) in [5, 5.41) is -1.10. The highest BCUT2D eigenvalue weighted by molar-refractivity contribution is 6.50. The summed E-state index contributed by atoms with van der Waals surface area (Å²) in [5.41, 5.74) is 0. The van der Waals surface area contributed by atoms with Crippen molar-refractivity contribution in [2.45, 2.75) is 0 Å². The Kier molecular flexibility index (Phi) is 5.47. The van der Waals surface area contributed by atoms with Gasteiger partial charge in [-0.25, -0.2) is 0 Å². The maximum Gasteiger partial charge on any atom is 0.673 e. The molecule has 0 amide bonds. The first kappa shape index (κ1) is 14.6. The molecule has 0 radical (unpaired) electrons. The molecule has 1 aromatic rings. The van der Waals surface area contributed by atoms with E-state index >= 15 is 0 Å². The summed E-state index contributed by atoms with van der Waals surface area (Å²) >= 11 is 15.6. The van der Waals surface area contributed by atoms with Crippen LogP contribution in [0.3, 0.4) is 0 Å². The number of hydrogen-bond acceptors (Lipinski definition) is 2. The first-order valence-corrected chi connectivity index (χ1v) is 4.08. The average Bonchev–Trinajstić information content (AvgIpc) is 1.96. The Bertz CT molecular complexity index is 317. The molecule has 0 atom stereocenters. The van der Waals surface area contributed by atoms with Gasteiger partial charge in [0, 0.05) is 0 Å². The minimum atomic E-state index is -6.00. The van der Waals surface area contributed by atoms with Gasteiger partial charge in [0.2, 0.25) is 0 Å². The van der Waals surface area contributed by atoms with Gasteiger partial charge in [-0.3, -0.25) is 0 Å². The van der Waals surface area contributed by atoms with E-state index in [1.807, 2.05) is 0 Å². The molecule has 0 aliphatic rings. The zero-order valence-electron chi connectivity index (χ0n) is 6.44. The van der Waals surface area contributed by atoms with Gasteiger partial charge in [0.05, 0.1) is 0 Å². The Hall–Kier alpha value is -0.405. The zero-order chi connectivity index (χ0) is 12.2. The zero-order valence-corrected chi connectivity index (χ0v) is 8.71. The fraction of sp³-hybridized carbons (Fsp3) is 0. The molecule has 0 aliphatic heterocycles. The monoisotopic (exact) mass is 289 g/mol. The number of nitrogens with zero attached hydrogens (tertiary/aromatic N) is 3. The van der Waals surface area contributed by atoms with Crippen molar-refractivity contribution in [2.24, 2.45) is 0 Å². The van der Waals surface area contributed by atoms with Gasteiger partial charge < -0.3 is 17.3 Å². The summed E-state index contributed by atoms with van der Waals surface area (Å²) in [7, 11) is -6.00. The summed E-state index contributed by atoms with van der Waals surface area (Å²) in [6.45, 7) is 0. The van der Waals surface area contributed by atoms with Crippen LogP contribution in [0.4, 0.5) is 21.7 Å². The van der Waals surface area contributed by atoms with Crippen LogP contribution in [0, 0.1) is 0 Å². The third-order valence-corrected chi connectivity index (χ3v) is 1.33. The van der Waals surface area contributed by atoms with Crippen LogP contribution in [0.1, 0.15) is 0 Å². The quantitative estimate of drug-likeness (QED) is 0.543. The van der Waals surface area contributed by atoms with E-state index in [2.05, 4.69) is 9.97 Å². The second-order valence-electron chi connectivity index (χ2n) is 1.81. The SMILES string of the molecule is F[B-](F)(F)F.F[n+]1c(Cl)nc(Cl)nc1Cl. The first-order valence-electron chi connectivity index (χ1n) is 2.95. The van der Waals surface area contributed by atoms with Gasteiger partial charge in [0.25, 0.3) is 0 Å². The van der Waals surface area contributed by atoms with Gasteiger partial charge in [0.15, 0.2) is 0 Å². The lowest BCUT2D eigenvalue weighted by molar-refractivity contribution is -0.844. The Balaban J connectivity index is 0.000000336. The molecular formula is C3BCl3F5N3. The number of halogens is 8. The molecule has 3 nitrogen and oxygen atoms in total. The van der Waals surface area contributed by atoms with Crippen LogP contribution >= 0.6 is 34.8 Å². The van der Waals surface area contributed by atoms with Crippen LogP contribution in [0.5, 0.6) is 0 Å². The van der Waals surface area contributed by atoms with Crippen LogP contribution in [0.15, 0.2) is 0 Å². The number of rotatable bonds is 0. The molecule has 1 rings (SSSR count). The molecule has 86 valence electrons. The fourth-order valence-corrected chi connectivity index (χ4v) is 0.951. The smallest absolute Gasteiger partial charge is 0.418 e. The normalized spacial score (nSPS) is 10.7. The molecule has 15 heavy (non-hydrogen) atoms. The van der Waals surface area contributed by atoms with Gasteiger partial charge in [-0.1, -0.05) is 0 Å². The molecule has 0 bridgehead atoms. The number of hydrogen-bond donors (Lipinski definition) is 0. The molecule has 0 spiro atoms. The first-order chi connectivity index (χ1) is 6.61. The second-order valence-corrected chi connectivity index (χ2v) is 2.82. The van der Waals surface area contributed by atoms with E-state index in [-0.39, 0.29) is 10.1 Å². The molecule has 12 heteroatoms. The van der Waals surface area contributed by atoms with E-state index in [4.69, 9.17) is 34.8 Å². The maximum absolute atomic E-state index is 12.4. The van der Waals surface area contributed by atoms with Crippen molar-refractivity contribution in [3.05, 3.63) is 15.9 Å². The van der Waals surface area contributed by atoms with E-state index < -0.39 is 17.8 Å². The Morgan fingerprint density at radius 3 is 1.47 bits per heavy atom. The van der Waals surface area contributed by atoms with E-state index in [0.717, 1.165) is 0 Å². The van der Waals surface area contributed by atoms with Crippen molar-refractivity contribution in [2.75, 3.05) is 0 Å². The van der Waals surface area contributed by atoms with Crippen molar-refractivity contribution < 1.29 is 26.5 Å². The second kappa shape index (κ2) is 5.62. The predicted octanol–water partition coefficient (Wildman–Crippen LogP) is 2.76. The molecular weight excluding hydrogens is 290 g/mol. The van der Waals surface area contributed by atoms with Crippen molar-refractivity contribution in [3.63, 3.8) is 0 Å². The topological polar surface area (TPSA) is 29.7 Å². The van der Waals surface area contributed by atoms with Crippen molar-refractivity contribution in [1.82, 2.24) is 9.97 Å². The van der Waals surface area contributed by atoms with E-state index in [9.17, 15) is 21.7 Å². The maximum atomic E-state index is 12.4. The molecule has 0 N–H and O–H groups in total. The Morgan fingerprint density at radius 1 is 0.933 bits per heavy atom. The van der Waals surface area contributed by atoms with E-state index in [1.165, 1.54) is 0 Å². The van der Waals surface area contributed by atoms with Crippen LogP contribution in [-0.2, 0) is 0 Å². The van der Waals surface area contributed by atoms with Gasteiger partial charge in [-0.05, 0) is 54.0 Å². The summed E-state index contributed by atoms with van der Waals surface area (Å²) in [4.78, 5) is 6.43. The Labute approximate surface area is 94.8 Å². The summed E-state index contributed by atoms with van der Waals surface area (Å²) in [6.07, 6.45) is 0. The fourth-order valence-electron chi connectivity index (χ4n) is 0.341. The highest BCUT2D eigenvalue weighted by Crippen LogP contribution is 2.07. The Morgan fingerprint density at radius 2 is 1.20 bits per heavy atom. The van der Waals surface area contributed by atoms with E-state index in [0.29, 0.717) is 0 Å². The highest BCUT2D eigenvalue weighted by atomic mass is 35.5. The standard InChI is InChI=1S/C3Cl3FN3.BF4/c4-1-8-2(5)10(7)3(6)9-1;2-1(3,4)5/q+1;-1. The largest absolute Gasteiger partial charge is 0.673 e. The van der Waals surface area contributed by atoms with E-state index in [1.54, 1.807) is 0 Å². The molecule has 0 aliphatic carbocycles. The molecule has 0 saturated carbocycles. The molecule has 0 aromatic carbocycles. The molecule has 0 saturated heterocycles. The molecule has 1 aromatic heterocycles.